The highest BCUT2D eigenvalue weighted by molar-refractivity contribution is 5.96. The van der Waals surface area contributed by atoms with Crippen molar-refractivity contribution in [3.05, 3.63) is 0 Å². The molecule has 0 spiro atoms. The average Bonchev–Trinajstić information content (AvgIpc) is 2.73. The Bertz CT molecular complexity index is 403. The van der Waals surface area contributed by atoms with Gasteiger partial charge in [0.2, 0.25) is 5.91 Å². The Morgan fingerprint density at radius 2 is 1.95 bits per heavy atom. The fraction of sp³-hybridized carbons (Fsp3) is 0.769. The molecule has 0 aromatic rings. The Hall–Kier alpha value is -1.63. The summed E-state index contributed by atoms with van der Waals surface area (Å²) in [5, 5.41) is 2.03. The van der Waals surface area contributed by atoms with Gasteiger partial charge in [-0.05, 0) is 47.1 Å². The van der Waals surface area contributed by atoms with Crippen LogP contribution >= 0.6 is 0 Å². The molecular weight excluding hydrogens is 262 g/mol. The number of primary amides is 1. The van der Waals surface area contributed by atoms with Gasteiger partial charge in [0.15, 0.2) is 0 Å². The molecule has 1 unspecified atom stereocenters. The predicted octanol–water partition coefficient (Wildman–Crippen LogP) is 0.376. The normalized spacial score (nSPS) is 21.3. The van der Waals surface area contributed by atoms with Gasteiger partial charge >= 0.3 is 12.0 Å². The maximum atomic E-state index is 12.1. The molecule has 20 heavy (non-hydrogen) atoms. The van der Waals surface area contributed by atoms with E-state index in [1.165, 1.54) is 0 Å². The lowest BCUT2D eigenvalue weighted by atomic mass is 10.1. The number of nitrogens with two attached hydrogens (primary N) is 1. The van der Waals surface area contributed by atoms with E-state index in [0.717, 1.165) is 6.42 Å². The van der Waals surface area contributed by atoms with E-state index in [4.69, 9.17) is 10.5 Å². The lowest BCUT2D eigenvalue weighted by Crippen LogP contribution is -2.52. The number of likely N-dealkylation sites (tertiary alicyclic amines) is 1. The molecule has 114 valence electrons. The maximum absolute atomic E-state index is 12.1. The van der Waals surface area contributed by atoms with Crippen LogP contribution in [0.4, 0.5) is 4.79 Å². The summed E-state index contributed by atoms with van der Waals surface area (Å²) in [6.07, 6.45) is 1.45. The molecule has 0 bridgehead atoms. The first-order valence-corrected chi connectivity index (χ1v) is 6.70. The molecule has 0 radical (unpaired) electrons. The summed E-state index contributed by atoms with van der Waals surface area (Å²) < 4.78 is 5.36. The van der Waals surface area contributed by atoms with Gasteiger partial charge in [-0.1, -0.05) is 0 Å². The summed E-state index contributed by atoms with van der Waals surface area (Å²) in [6, 6.07) is -1.96. The van der Waals surface area contributed by atoms with Gasteiger partial charge in [0.05, 0.1) is 6.04 Å². The van der Waals surface area contributed by atoms with E-state index >= 15 is 0 Å². The highest BCUT2D eigenvalue weighted by atomic mass is 16.6. The summed E-state index contributed by atoms with van der Waals surface area (Å²) in [4.78, 5) is 36.4. The molecule has 2 atom stereocenters. The number of hydrogen-bond donors (Lipinski definition) is 2. The van der Waals surface area contributed by atoms with Crippen molar-refractivity contribution in [1.29, 1.82) is 0 Å². The molecule has 0 aliphatic carbocycles. The topological polar surface area (TPSA) is 102 Å². The first-order chi connectivity index (χ1) is 9.11. The van der Waals surface area contributed by atoms with E-state index in [1.54, 1.807) is 32.6 Å². The fourth-order valence-corrected chi connectivity index (χ4v) is 2.25. The Morgan fingerprint density at radius 3 is 2.45 bits per heavy atom. The number of rotatable bonds is 3. The van der Waals surface area contributed by atoms with Crippen molar-refractivity contribution < 1.29 is 19.1 Å². The van der Waals surface area contributed by atoms with Crippen molar-refractivity contribution in [2.75, 3.05) is 6.54 Å². The predicted molar refractivity (Wildman–Crippen MR) is 72.8 cm³/mol. The number of ether oxygens (including phenoxy) is 1. The summed E-state index contributed by atoms with van der Waals surface area (Å²) >= 11 is 0. The first-order valence-electron chi connectivity index (χ1n) is 6.70. The molecule has 7 heteroatoms. The summed E-state index contributed by atoms with van der Waals surface area (Å²) in [5.41, 5.74) is 4.36. The van der Waals surface area contributed by atoms with Crippen molar-refractivity contribution >= 4 is 17.9 Å². The number of amides is 3. The van der Waals surface area contributed by atoms with E-state index in [9.17, 15) is 14.4 Å². The maximum Gasteiger partial charge on any atom is 0.323 e. The quantitative estimate of drug-likeness (QED) is 0.730. The molecule has 1 fully saturated rings. The summed E-state index contributed by atoms with van der Waals surface area (Å²) in [6.45, 7) is 7.65. The number of hydrogen-bond acceptors (Lipinski definition) is 5. The number of urea groups is 1. The molecule has 1 heterocycles. The molecule has 3 N–H and O–H groups in total. The van der Waals surface area contributed by atoms with Crippen LogP contribution in [-0.4, -0.2) is 47.0 Å². The van der Waals surface area contributed by atoms with Crippen LogP contribution in [0, 0.1) is 0 Å². The molecule has 0 aromatic carbocycles. The summed E-state index contributed by atoms with van der Waals surface area (Å²) in [7, 11) is 0. The fourth-order valence-electron chi connectivity index (χ4n) is 2.25. The molecule has 0 aromatic heterocycles. The van der Waals surface area contributed by atoms with E-state index in [2.05, 4.69) is 0 Å². The van der Waals surface area contributed by atoms with E-state index in [1.807, 2.05) is 5.32 Å². The van der Waals surface area contributed by atoms with Crippen molar-refractivity contribution in [3.8, 4) is 0 Å². The van der Waals surface area contributed by atoms with Crippen molar-refractivity contribution in [1.82, 2.24) is 10.2 Å². The van der Waals surface area contributed by atoms with Crippen molar-refractivity contribution in [2.24, 2.45) is 5.73 Å². The number of carbonyl (C=O) groups is 3. The second-order valence-corrected chi connectivity index (χ2v) is 5.96. The molecule has 0 saturated carbocycles. The van der Waals surface area contributed by atoms with Gasteiger partial charge in [0.1, 0.15) is 11.6 Å². The van der Waals surface area contributed by atoms with Crippen LogP contribution in [0.3, 0.4) is 0 Å². The van der Waals surface area contributed by atoms with Gasteiger partial charge in [-0.3, -0.25) is 19.8 Å². The zero-order chi connectivity index (χ0) is 15.5. The highest BCUT2D eigenvalue weighted by Gasteiger charge is 2.38. The van der Waals surface area contributed by atoms with E-state index in [0.29, 0.717) is 13.0 Å². The van der Waals surface area contributed by atoms with Crippen LogP contribution in [-0.2, 0) is 14.3 Å². The van der Waals surface area contributed by atoms with Crippen LogP contribution in [0.2, 0.25) is 0 Å². The highest BCUT2D eigenvalue weighted by Crippen LogP contribution is 2.23. The minimum absolute atomic E-state index is 0.339. The van der Waals surface area contributed by atoms with Crippen LogP contribution in [0.1, 0.15) is 40.5 Å². The van der Waals surface area contributed by atoms with Crippen molar-refractivity contribution in [2.45, 2.75) is 58.2 Å². The van der Waals surface area contributed by atoms with Crippen LogP contribution in [0.15, 0.2) is 0 Å². The van der Waals surface area contributed by atoms with Gasteiger partial charge in [-0.25, -0.2) is 4.79 Å². The molecule has 3 amide bonds. The Labute approximate surface area is 118 Å². The van der Waals surface area contributed by atoms with E-state index < -0.39 is 29.6 Å². The second-order valence-electron chi connectivity index (χ2n) is 5.96. The van der Waals surface area contributed by atoms with Crippen molar-refractivity contribution in [3.63, 3.8) is 0 Å². The van der Waals surface area contributed by atoms with Gasteiger partial charge in [0, 0.05) is 0 Å². The standard InChI is InChI=1S/C13H23N3O4/c1-8(10(17)15-12(14)19)16-7-5-6-9(16)11(18)20-13(2,3)4/h8-9H,5-7H2,1-4H3,(H3,14,15,17,19)/t8?,9-/m0/s1. The van der Waals surface area contributed by atoms with Gasteiger partial charge < -0.3 is 10.5 Å². The Kier molecular flexibility index (Phi) is 5.10. The monoisotopic (exact) mass is 285 g/mol. The Balaban J connectivity index is 2.71. The summed E-state index contributed by atoms with van der Waals surface area (Å²) in [5.74, 6) is -0.846. The lowest BCUT2D eigenvalue weighted by Gasteiger charge is -2.30. The molecule has 1 rings (SSSR count). The van der Waals surface area contributed by atoms with E-state index in [-0.39, 0.29) is 5.97 Å². The molecule has 1 aliphatic rings. The Morgan fingerprint density at radius 1 is 1.35 bits per heavy atom. The van der Waals surface area contributed by atoms with Gasteiger partial charge in [-0.15, -0.1) is 0 Å². The third-order valence-corrected chi connectivity index (χ3v) is 3.10. The first kappa shape index (κ1) is 16.4. The van der Waals surface area contributed by atoms with Crippen LogP contribution in [0.5, 0.6) is 0 Å². The van der Waals surface area contributed by atoms with Gasteiger partial charge in [-0.2, -0.15) is 0 Å². The minimum atomic E-state index is -0.894. The second kappa shape index (κ2) is 6.21. The molecule has 1 aliphatic heterocycles. The molecule has 7 nitrogen and oxygen atoms in total. The average molecular weight is 285 g/mol. The molecular formula is C13H23N3O4. The lowest BCUT2D eigenvalue weighted by molar-refractivity contribution is -0.161. The zero-order valence-corrected chi connectivity index (χ0v) is 12.4. The molecule has 1 saturated heterocycles. The van der Waals surface area contributed by atoms with Crippen LogP contribution in [0.25, 0.3) is 0 Å². The number of carbonyl (C=O) groups excluding carboxylic acids is 3. The number of esters is 1. The van der Waals surface area contributed by atoms with Gasteiger partial charge in [0.25, 0.3) is 0 Å². The van der Waals surface area contributed by atoms with Crippen LogP contribution < -0.4 is 11.1 Å². The third kappa shape index (κ3) is 4.48. The largest absolute Gasteiger partial charge is 0.459 e. The SMILES string of the molecule is CC(C(=O)NC(N)=O)N1CCC[C@H]1C(=O)OC(C)(C)C. The smallest absolute Gasteiger partial charge is 0.323 e. The minimum Gasteiger partial charge on any atom is -0.459 e. The number of nitrogens with one attached hydrogen (secondary N) is 1. The number of imide groups is 1. The number of nitrogens with zero attached hydrogens (tertiary/aromatic N) is 1. The zero-order valence-electron chi connectivity index (χ0n) is 12.4. The third-order valence-electron chi connectivity index (χ3n) is 3.10.